The van der Waals surface area contributed by atoms with E-state index in [2.05, 4.69) is 40.1 Å². The van der Waals surface area contributed by atoms with Gasteiger partial charge in [0.05, 0.1) is 0 Å². The fraction of sp³-hybridized carbons (Fsp3) is 0.545. The predicted molar refractivity (Wildman–Crippen MR) is 64.6 cm³/mol. The van der Waals surface area contributed by atoms with Crippen molar-refractivity contribution in [2.24, 2.45) is 0 Å². The van der Waals surface area contributed by atoms with Crippen LogP contribution in [0.3, 0.4) is 0 Å². The van der Waals surface area contributed by atoms with Gasteiger partial charge < -0.3 is 10.4 Å². The molecule has 1 aromatic rings. The first-order chi connectivity index (χ1) is 7.03. The van der Waals surface area contributed by atoms with E-state index in [1.807, 2.05) is 12.3 Å². The molecular weight excluding hydrogens is 256 g/mol. The largest absolute Gasteiger partial charge is 0.396 e. The third-order valence-electron chi connectivity index (χ3n) is 2.27. The molecule has 1 rings (SSSR count). The second kappa shape index (κ2) is 5.58. The summed E-state index contributed by atoms with van der Waals surface area (Å²) in [5.74, 6) is 0. The van der Waals surface area contributed by atoms with Gasteiger partial charge in [-0.15, -0.1) is 0 Å². The first kappa shape index (κ1) is 12.6. The molecule has 3 nitrogen and oxygen atoms in total. The average molecular weight is 273 g/mol. The summed E-state index contributed by atoms with van der Waals surface area (Å²) in [7, 11) is 0. The smallest absolute Gasteiger partial charge is 0.0448 e. The molecular formula is C11H17BrN2O. The summed E-state index contributed by atoms with van der Waals surface area (Å²) in [6.07, 6.45) is 4.35. The summed E-state index contributed by atoms with van der Waals surface area (Å²) in [5, 5.41) is 12.3. The maximum Gasteiger partial charge on any atom is 0.0448 e. The fourth-order valence-corrected chi connectivity index (χ4v) is 1.67. The Labute approximate surface area is 99.1 Å². The number of pyridine rings is 1. The molecule has 0 aliphatic heterocycles. The molecule has 4 heteroatoms. The zero-order valence-corrected chi connectivity index (χ0v) is 10.7. The number of nitrogens with one attached hydrogen (secondary N) is 1. The Hall–Kier alpha value is -0.450. The third-order valence-corrected chi connectivity index (χ3v) is 2.70. The number of hydrogen-bond donors (Lipinski definition) is 2. The van der Waals surface area contributed by atoms with Crippen molar-refractivity contribution in [2.45, 2.75) is 32.4 Å². The van der Waals surface area contributed by atoms with Gasteiger partial charge in [-0.1, -0.05) is 0 Å². The van der Waals surface area contributed by atoms with Crippen LogP contribution in [0.2, 0.25) is 0 Å². The standard InChI is InChI=1S/C11H17BrN2O/c1-11(2,3-4-15)14-7-9-5-10(12)8-13-6-9/h5-6,8,14-15H,3-4,7H2,1-2H3. The van der Waals surface area contributed by atoms with Gasteiger partial charge in [-0.25, -0.2) is 0 Å². The van der Waals surface area contributed by atoms with Gasteiger partial charge in [0, 0.05) is 35.6 Å². The van der Waals surface area contributed by atoms with E-state index in [0.717, 1.165) is 23.0 Å². The van der Waals surface area contributed by atoms with Gasteiger partial charge >= 0.3 is 0 Å². The van der Waals surface area contributed by atoms with Gasteiger partial charge in [-0.2, -0.15) is 0 Å². The molecule has 0 saturated carbocycles. The minimum atomic E-state index is -0.0446. The maximum atomic E-state index is 8.88. The highest BCUT2D eigenvalue weighted by Gasteiger charge is 2.15. The number of aromatic nitrogens is 1. The zero-order chi connectivity index (χ0) is 11.3. The molecule has 0 amide bonds. The zero-order valence-electron chi connectivity index (χ0n) is 9.13. The summed E-state index contributed by atoms with van der Waals surface area (Å²) in [5.41, 5.74) is 1.09. The highest BCUT2D eigenvalue weighted by Crippen LogP contribution is 2.12. The number of aliphatic hydroxyl groups is 1. The summed E-state index contributed by atoms with van der Waals surface area (Å²) in [4.78, 5) is 4.09. The second-order valence-electron chi connectivity index (χ2n) is 4.22. The van der Waals surface area contributed by atoms with E-state index < -0.39 is 0 Å². The molecule has 15 heavy (non-hydrogen) atoms. The predicted octanol–water partition coefficient (Wildman–Crippen LogP) is 2.09. The Morgan fingerprint density at radius 1 is 1.47 bits per heavy atom. The number of nitrogens with zero attached hydrogens (tertiary/aromatic N) is 1. The lowest BCUT2D eigenvalue weighted by atomic mass is 10.0. The van der Waals surface area contributed by atoms with E-state index in [-0.39, 0.29) is 12.1 Å². The molecule has 0 bridgehead atoms. The van der Waals surface area contributed by atoms with Gasteiger partial charge in [0.2, 0.25) is 0 Å². The van der Waals surface area contributed by atoms with Gasteiger partial charge in [0.15, 0.2) is 0 Å². The topological polar surface area (TPSA) is 45.1 Å². The lowest BCUT2D eigenvalue weighted by Gasteiger charge is -2.25. The van der Waals surface area contributed by atoms with Crippen LogP contribution in [0.1, 0.15) is 25.8 Å². The van der Waals surface area contributed by atoms with Crippen molar-refractivity contribution >= 4 is 15.9 Å². The number of hydrogen-bond acceptors (Lipinski definition) is 3. The van der Waals surface area contributed by atoms with Crippen LogP contribution in [0.5, 0.6) is 0 Å². The molecule has 0 saturated heterocycles. The minimum absolute atomic E-state index is 0.0446. The van der Waals surface area contributed by atoms with Crippen LogP contribution >= 0.6 is 15.9 Å². The molecule has 0 spiro atoms. The van der Waals surface area contributed by atoms with Crippen LogP contribution in [-0.4, -0.2) is 22.2 Å². The van der Waals surface area contributed by atoms with Crippen LogP contribution in [0.4, 0.5) is 0 Å². The SMILES string of the molecule is CC(C)(CCO)NCc1cncc(Br)c1. The molecule has 0 aromatic carbocycles. The Bertz CT molecular complexity index is 315. The first-order valence-electron chi connectivity index (χ1n) is 4.99. The third kappa shape index (κ3) is 4.73. The van der Waals surface area contributed by atoms with Crippen molar-refractivity contribution in [2.75, 3.05) is 6.61 Å². The normalized spacial score (nSPS) is 11.7. The van der Waals surface area contributed by atoms with Crippen molar-refractivity contribution in [3.8, 4) is 0 Å². The summed E-state index contributed by atoms with van der Waals surface area (Å²) in [6.45, 7) is 5.12. The van der Waals surface area contributed by atoms with E-state index in [1.165, 1.54) is 0 Å². The number of rotatable bonds is 5. The Kier molecular flexibility index (Phi) is 4.70. The van der Waals surface area contributed by atoms with Gasteiger partial charge in [0.1, 0.15) is 0 Å². The van der Waals surface area contributed by atoms with E-state index in [9.17, 15) is 0 Å². The quantitative estimate of drug-likeness (QED) is 0.863. The average Bonchev–Trinajstić information content (AvgIpc) is 2.15. The molecule has 84 valence electrons. The summed E-state index contributed by atoms with van der Waals surface area (Å²) in [6, 6.07) is 2.04. The minimum Gasteiger partial charge on any atom is -0.396 e. The molecule has 1 heterocycles. The van der Waals surface area contributed by atoms with Crippen molar-refractivity contribution in [3.63, 3.8) is 0 Å². The van der Waals surface area contributed by atoms with E-state index in [4.69, 9.17) is 5.11 Å². The highest BCUT2D eigenvalue weighted by atomic mass is 79.9. The van der Waals surface area contributed by atoms with Gasteiger partial charge in [-0.3, -0.25) is 4.98 Å². The molecule has 0 aliphatic rings. The maximum absolute atomic E-state index is 8.88. The molecule has 2 N–H and O–H groups in total. The monoisotopic (exact) mass is 272 g/mol. The lowest BCUT2D eigenvalue weighted by molar-refractivity contribution is 0.230. The molecule has 0 fully saturated rings. The molecule has 0 unspecified atom stereocenters. The number of aliphatic hydroxyl groups excluding tert-OH is 1. The molecule has 0 radical (unpaired) electrons. The Morgan fingerprint density at radius 2 is 2.20 bits per heavy atom. The molecule has 0 aliphatic carbocycles. The van der Waals surface area contributed by atoms with Crippen molar-refractivity contribution in [3.05, 3.63) is 28.5 Å². The van der Waals surface area contributed by atoms with Crippen LogP contribution in [0, 0.1) is 0 Å². The highest BCUT2D eigenvalue weighted by molar-refractivity contribution is 9.10. The van der Waals surface area contributed by atoms with E-state index in [0.29, 0.717) is 0 Å². The van der Waals surface area contributed by atoms with Crippen LogP contribution < -0.4 is 5.32 Å². The van der Waals surface area contributed by atoms with Crippen molar-refractivity contribution in [1.82, 2.24) is 10.3 Å². The lowest BCUT2D eigenvalue weighted by Crippen LogP contribution is -2.39. The van der Waals surface area contributed by atoms with E-state index >= 15 is 0 Å². The van der Waals surface area contributed by atoms with Crippen molar-refractivity contribution in [1.29, 1.82) is 0 Å². The number of halogens is 1. The van der Waals surface area contributed by atoms with Crippen LogP contribution in [-0.2, 0) is 6.54 Å². The molecule has 1 aromatic heterocycles. The Morgan fingerprint density at radius 3 is 2.80 bits per heavy atom. The van der Waals surface area contributed by atoms with E-state index in [1.54, 1.807) is 6.20 Å². The first-order valence-corrected chi connectivity index (χ1v) is 5.78. The van der Waals surface area contributed by atoms with Crippen LogP contribution in [0.15, 0.2) is 22.9 Å². The summed E-state index contributed by atoms with van der Waals surface area (Å²) >= 11 is 3.38. The van der Waals surface area contributed by atoms with Gasteiger partial charge in [-0.05, 0) is 47.8 Å². The Balaban J connectivity index is 2.49. The molecule has 0 atom stereocenters. The van der Waals surface area contributed by atoms with Gasteiger partial charge in [0.25, 0.3) is 0 Å². The second-order valence-corrected chi connectivity index (χ2v) is 5.14. The fourth-order valence-electron chi connectivity index (χ4n) is 1.26. The van der Waals surface area contributed by atoms with Crippen molar-refractivity contribution < 1.29 is 5.11 Å². The summed E-state index contributed by atoms with van der Waals surface area (Å²) < 4.78 is 0.988. The van der Waals surface area contributed by atoms with Crippen LogP contribution in [0.25, 0.3) is 0 Å².